The number of nitrogens with zero attached hydrogens (tertiary/aromatic N) is 4. The van der Waals surface area contributed by atoms with Gasteiger partial charge in [0.25, 0.3) is 23.4 Å². The van der Waals surface area contributed by atoms with E-state index in [0.717, 1.165) is 0 Å². The van der Waals surface area contributed by atoms with Crippen LogP contribution in [0, 0.1) is 31.4 Å². The fourth-order valence-corrected chi connectivity index (χ4v) is 17.5. The molecule has 16 rings (SSSR count). The Morgan fingerprint density at radius 2 is 0.766 bits per heavy atom. The summed E-state index contributed by atoms with van der Waals surface area (Å²) in [6.45, 7) is -7.96. The molecule has 4 saturated heterocycles. The summed E-state index contributed by atoms with van der Waals surface area (Å²) in [5.74, 6) is -19.1. The summed E-state index contributed by atoms with van der Waals surface area (Å²) in [5, 5.41) is 85.4. The van der Waals surface area contributed by atoms with Crippen molar-refractivity contribution in [3.63, 3.8) is 0 Å². The maximum Gasteiger partial charge on any atom is 0.530 e. The van der Waals surface area contributed by atoms with Gasteiger partial charge in [-0.15, -0.1) is 0 Å². The number of aliphatic hydroxyl groups is 8. The smallest absolute Gasteiger partial charge is 0.404 e. The summed E-state index contributed by atoms with van der Waals surface area (Å²) in [6.07, 6.45) is -27.4. The number of benzene rings is 4. The van der Waals surface area contributed by atoms with Crippen LogP contribution in [0.1, 0.15) is 49.1 Å². The van der Waals surface area contributed by atoms with E-state index in [1.54, 1.807) is 0 Å². The summed E-state index contributed by atoms with van der Waals surface area (Å²) in [5.41, 5.74) is -1.76. The molecule has 39 nitrogen and oxygen atoms in total. The predicted molar refractivity (Wildman–Crippen MR) is 414 cm³/mol. The highest BCUT2D eigenvalue weighted by atomic mass is 35.5. The lowest BCUT2D eigenvalue weighted by Gasteiger charge is -2.34. The second-order valence-corrected chi connectivity index (χ2v) is 35.8. The predicted octanol–water partition coefficient (Wildman–Crippen LogP) is 9.68. The molecule has 12 heterocycles. The Hall–Kier alpha value is -6.73. The van der Waals surface area contributed by atoms with Gasteiger partial charge in [-0.2, -0.15) is 0 Å². The van der Waals surface area contributed by atoms with Gasteiger partial charge in [0.15, 0.2) is 48.1 Å². The number of nitrogens with one attached hydrogen (secondary N) is 4. The second kappa shape index (κ2) is 36.7. The number of aromatic amines is 3. The zero-order valence-electron chi connectivity index (χ0n) is 66.7. The Morgan fingerprint density at radius 3 is 1.15 bits per heavy atom. The van der Waals surface area contributed by atoms with E-state index in [0.29, 0.717) is 81.2 Å². The molecule has 20 atom stereocenters. The second-order valence-electron chi connectivity index (χ2n) is 26.2. The number of fused-ring (bicyclic) bond motifs is 4. The monoisotopic (exact) mass is 2000 g/mol. The molecule has 0 radical (unpaired) electrons. The van der Waals surface area contributed by atoms with Gasteiger partial charge in [0.05, 0.1) is 53.2 Å². The summed E-state index contributed by atoms with van der Waals surface area (Å²) in [6, 6.07) is 17.0. The number of aromatic nitrogens is 6. The van der Waals surface area contributed by atoms with Crippen LogP contribution >= 0.6 is 127 Å². The lowest BCUT2D eigenvalue weighted by molar-refractivity contribution is -0.207. The molecule has 12 N–H and O–H groups in total. The van der Waals surface area contributed by atoms with E-state index in [2.05, 4.69) is 65.3 Å². The Bertz CT molecular complexity index is 6380. The third kappa shape index (κ3) is 20.2. The van der Waals surface area contributed by atoms with Crippen LogP contribution in [0.15, 0.2) is 130 Å². The van der Waals surface area contributed by atoms with Crippen molar-refractivity contribution in [3.8, 4) is 23.0 Å². The van der Waals surface area contributed by atoms with Crippen LogP contribution < -0.4 is 40.5 Å². The van der Waals surface area contributed by atoms with E-state index in [1.807, 2.05) is 15.0 Å². The van der Waals surface area contributed by atoms with Crippen LogP contribution in [0.25, 0.3) is 0 Å². The molecular formula is C65H58Cl4F8N8O31P4S4. The molecule has 59 heteroatoms. The average Bonchev–Trinajstić information content (AvgIpc) is 1.56. The third-order valence-electron chi connectivity index (χ3n) is 17.8. The molecule has 124 heavy (non-hydrogen) atoms. The van der Waals surface area contributed by atoms with E-state index in [9.17, 15) is 91.1 Å². The number of alkyl halides is 4. The van der Waals surface area contributed by atoms with Crippen molar-refractivity contribution in [3.05, 3.63) is 221 Å². The fraction of sp³-hybridized carbons (Fsp3) is 0.369. The minimum atomic E-state index is -4.85. The van der Waals surface area contributed by atoms with Gasteiger partial charge in [0.1, 0.15) is 123 Å². The van der Waals surface area contributed by atoms with Gasteiger partial charge in [-0.1, -0.05) is 102 Å². The van der Waals surface area contributed by atoms with Crippen molar-refractivity contribution >= 4 is 132 Å². The molecule has 0 amide bonds. The van der Waals surface area contributed by atoms with Crippen LogP contribution in [0.3, 0.4) is 0 Å². The standard InChI is InChI=1S/C17H16ClF2N2O7PS.3C16H14ClF2N2O8PS/c1-8-21-15(31)11(19)5-22(8)16-13(23)14(24)17(20,28-16)7-27-30(25)26-6-9-4-10(18)2-3-12(9)29-30;3*17-8-1-2-10-7(3-8)5-26-30(25,29-10)27-6-16(19)12(23)11(22)14(28-16)21-4-9(18)13(31)20-15(21)24/h2-5,13-14,16,23-24H,1,6-7H2,(H,21,31);3*1-4,11-12,14,22-23H,5-6H2,(H,20,24,31)/t13-,14+,16-,17-,30?;3*11-,12+,14-,16-,30?/m1111/s1/i7D2,16D;14D;6D2;. The lowest BCUT2D eigenvalue weighted by atomic mass is 10.1. The van der Waals surface area contributed by atoms with Crippen LogP contribution in [0.4, 0.5) is 35.1 Å². The first kappa shape index (κ1) is 86.6. The van der Waals surface area contributed by atoms with Crippen LogP contribution in [0.2, 0.25) is 20.1 Å². The summed E-state index contributed by atoms with van der Waals surface area (Å²) in [7, 11) is -18.4. The lowest BCUT2D eigenvalue weighted by Crippen LogP contribution is -2.47. The van der Waals surface area contributed by atoms with Crippen molar-refractivity contribution in [1.82, 2.24) is 38.9 Å². The SMILES string of the molecule is O=c1[nH]c(=S)c(F)cn1[C@@H]1O[C@](F)(COP2(=O)OCc3cc(Cl)ccc3O2)[C@@H](O)[C@H]1O.[2H]C([2H])(OP1(=O)OCc2cc(Cl)ccc2O1)[C@@]1(F)O[C@@H](n2cc(F)c(=S)[nH]c2=O)[C@H](O)[C@@H]1O.[2H]C([2H])(OP1(=O)OCc2cc(Cl)ccc2O1)[C@@]1(F)O[C@@]([2H])(N2C=C(F)C(=S)NC2=C)[C@H](O)[C@@H]1O.[2H][C@@]1(n2cc(F)c(=S)[nH]c2=O)O[C@](F)(COP2(=O)OCc3cc(Cl)ccc3O2)[C@@H](O)[C@H]1O. The maximum absolute atomic E-state index is 15.8. The Balaban J connectivity index is 0.000000148. The molecule has 672 valence electrons. The zero-order valence-corrected chi connectivity index (χ0v) is 70.5. The van der Waals surface area contributed by atoms with Crippen LogP contribution in [-0.4, -0.2) is 184 Å². The zero-order chi connectivity index (χ0) is 95.6. The summed E-state index contributed by atoms with van der Waals surface area (Å²) in [4.78, 5) is 41.9. The molecule has 9 aliphatic heterocycles. The maximum atomic E-state index is 15.8. The van der Waals surface area contributed by atoms with Crippen LogP contribution in [-0.2, 0) is 99.8 Å². The van der Waals surface area contributed by atoms with Gasteiger partial charge in [0.2, 0.25) is 0 Å². The number of phosphoric ester groups is 4. The average molecular weight is 2000 g/mol. The largest absolute Gasteiger partial charge is 0.530 e. The number of halogens is 12. The number of hydrogen-bond acceptors (Lipinski definition) is 36. The molecule has 7 aromatic rings. The van der Waals surface area contributed by atoms with Crippen molar-refractivity contribution in [2.75, 3.05) is 26.3 Å². The highest BCUT2D eigenvalue weighted by molar-refractivity contribution is 7.80. The number of ether oxygens (including phenoxy) is 4. The molecule has 0 spiro atoms. The summed E-state index contributed by atoms with van der Waals surface area (Å²) < 4.78 is 295. The molecule has 9 aliphatic rings. The molecule has 0 saturated carbocycles. The van der Waals surface area contributed by atoms with Crippen molar-refractivity contribution < 1.29 is 176 Å². The van der Waals surface area contributed by atoms with E-state index in [1.165, 1.54) is 72.8 Å². The van der Waals surface area contributed by atoms with Gasteiger partial charge in [0, 0.05) is 48.5 Å². The first-order valence-corrected chi connectivity index (χ1v) is 43.0. The molecule has 3 aromatic heterocycles. The fourth-order valence-electron chi connectivity index (χ4n) is 11.5. The number of hydrogen-bond donors (Lipinski definition) is 12. The molecule has 0 bridgehead atoms. The minimum Gasteiger partial charge on any atom is -0.404 e. The highest BCUT2D eigenvalue weighted by Crippen LogP contribution is 2.60. The first-order chi connectivity index (χ1) is 60.3. The van der Waals surface area contributed by atoms with Crippen LogP contribution in [0.5, 0.6) is 23.0 Å². The molecule has 4 fully saturated rings. The number of rotatable bonds is 16. The van der Waals surface area contributed by atoms with E-state index < -0.39 is 227 Å². The normalized spacial score (nSPS) is 35.3. The number of phosphoric acid groups is 4. The Morgan fingerprint density at radius 1 is 0.468 bits per heavy atom. The van der Waals surface area contributed by atoms with Gasteiger partial charge in [-0.05, 0) is 72.8 Å². The van der Waals surface area contributed by atoms with Gasteiger partial charge in [-0.3, -0.25) is 64.8 Å². The van der Waals surface area contributed by atoms with E-state index in [4.69, 9.17) is 123 Å². The third-order valence-corrected chi connectivity index (χ3v) is 24.9. The molecule has 0 aliphatic carbocycles. The van der Waals surface area contributed by atoms with Crippen molar-refractivity contribution in [2.45, 2.75) is 124 Å². The van der Waals surface area contributed by atoms with Gasteiger partial charge in [-0.25, -0.2) is 67.8 Å². The molecular weight excluding hydrogens is 1930 g/mol. The number of aliphatic hydroxyl groups excluding tert-OH is 8. The van der Waals surface area contributed by atoms with Crippen molar-refractivity contribution in [1.29, 1.82) is 0 Å². The van der Waals surface area contributed by atoms with E-state index >= 15 is 17.6 Å². The van der Waals surface area contributed by atoms with Gasteiger partial charge < -0.3 is 88.1 Å². The Labute approximate surface area is 735 Å². The molecule has 4 aromatic carbocycles. The highest BCUT2D eigenvalue weighted by Gasteiger charge is 2.63. The summed E-state index contributed by atoms with van der Waals surface area (Å²) >= 11 is 41.8. The van der Waals surface area contributed by atoms with Crippen molar-refractivity contribution in [2.24, 2.45) is 0 Å². The Kier molecular flexibility index (Phi) is 25.6. The first-order valence-electron chi connectivity index (χ1n) is 37.0. The number of thiocarbonyl (C=S) groups is 1. The topological polar surface area (TPSA) is 506 Å². The quantitative estimate of drug-likeness (QED) is 0.0243. The minimum absolute atomic E-state index is 0.0370. The number of H-pyrrole nitrogens is 3. The van der Waals surface area contributed by atoms with E-state index in [-0.39, 0.29) is 46.6 Å². The molecule has 4 unspecified atom stereocenters. The van der Waals surface area contributed by atoms with Gasteiger partial charge >= 0.3 is 48.4 Å².